The summed E-state index contributed by atoms with van der Waals surface area (Å²) in [7, 11) is 0. The molecule has 1 aliphatic rings. The predicted octanol–water partition coefficient (Wildman–Crippen LogP) is 4.84. The molecule has 0 aromatic carbocycles. The van der Waals surface area contributed by atoms with Crippen LogP contribution in [0.1, 0.15) is 122 Å². The van der Waals surface area contributed by atoms with E-state index in [0.717, 1.165) is 12.8 Å². The van der Waals surface area contributed by atoms with E-state index in [1.807, 2.05) is 0 Å². The zero-order valence-corrected chi connectivity index (χ0v) is 20.6. The van der Waals surface area contributed by atoms with E-state index in [1.165, 1.54) is 103 Å². The van der Waals surface area contributed by atoms with Crippen LogP contribution in [-0.2, 0) is 9.47 Å². The molecule has 0 spiro atoms. The van der Waals surface area contributed by atoms with Crippen molar-refractivity contribution in [3.05, 3.63) is 0 Å². The Kier molecular flexibility index (Phi) is 18.8. The van der Waals surface area contributed by atoms with E-state index in [1.54, 1.807) is 0 Å². The topological polar surface area (TPSA) is 99.4 Å². The molecule has 1 saturated heterocycles. The number of ether oxygens (including phenoxy) is 2. The molecular formula is C26H52O6. The van der Waals surface area contributed by atoms with Crippen molar-refractivity contribution in [3.63, 3.8) is 0 Å². The molecule has 5 atom stereocenters. The minimum absolute atomic E-state index is 0.427. The Morgan fingerprint density at radius 3 is 1.38 bits per heavy atom. The molecule has 0 amide bonds. The molecule has 32 heavy (non-hydrogen) atoms. The van der Waals surface area contributed by atoms with E-state index in [9.17, 15) is 20.4 Å². The highest BCUT2D eigenvalue weighted by molar-refractivity contribution is 4.88. The van der Waals surface area contributed by atoms with Gasteiger partial charge in [0.1, 0.15) is 24.4 Å². The zero-order chi connectivity index (χ0) is 23.4. The Hall–Kier alpha value is -0.240. The second kappa shape index (κ2) is 20.2. The molecule has 0 radical (unpaired) electrons. The first-order valence-electron chi connectivity index (χ1n) is 13.5. The molecule has 4 N–H and O–H groups in total. The predicted molar refractivity (Wildman–Crippen MR) is 128 cm³/mol. The molecule has 6 nitrogen and oxygen atoms in total. The van der Waals surface area contributed by atoms with Crippen LogP contribution in [0.5, 0.6) is 0 Å². The van der Waals surface area contributed by atoms with Crippen LogP contribution in [0, 0.1) is 0 Å². The standard InChI is InChI=1S/C26H52O6/c1-2-3-4-5-6-7-8-9-10-11-12-13-14-15-16-17-18-19-20-31-26-25(30)24(29)23(28)22(21-27)32-26/h22-30H,2-21H2,1H3/t22-,23+,24+,25-,26-/m1/s1. The van der Waals surface area contributed by atoms with Gasteiger partial charge in [-0.1, -0.05) is 116 Å². The van der Waals surface area contributed by atoms with Gasteiger partial charge < -0.3 is 29.9 Å². The fraction of sp³-hybridized carbons (Fsp3) is 1.00. The summed E-state index contributed by atoms with van der Waals surface area (Å²) in [5.74, 6) is 0. The molecule has 6 heteroatoms. The van der Waals surface area contributed by atoms with Crippen LogP contribution in [0.3, 0.4) is 0 Å². The molecule has 0 aromatic heterocycles. The summed E-state index contributed by atoms with van der Waals surface area (Å²) < 4.78 is 10.9. The van der Waals surface area contributed by atoms with Crippen molar-refractivity contribution in [2.24, 2.45) is 0 Å². The lowest BCUT2D eigenvalue weighted by Gasteiger charge is -2.39. The monoisotopic (exact) mass is 460 g/mol. The van der Waals surface area contributed by atoms with Gasteiger partial charge >= 0.3 is 0 Å². The Balaban J connectivity index is 1.82. The number of hydrogen-bond donors (Lipinski definition) is 4. The van der Waals surface area contributed by atoms with E-state index >= 15 is 0 Å². The molecule has 0 aromatic rings. The number of aliphatic hydroxyl groups excluding tert-OH is 4. The van der Waals surface area contributed by atoms with Gasteiger partial charge in [0.2, 0.25) is 0 Å². The van der Waals surface area contributed by atoms with Crippen molar-refractivity contribution in [1.82, 2.24) is 0 Å². The molecule has 0 unspecified atom stereocenters. The summed E-state index contributed by atoms with van der Waals surface area (Å²) in [6, 6.07) is 0. The Morgan fingerprint density at radius 2 is 0.969 bits per heavy atom. The molecular weight excluding hydrogens is 408 g/mol. The van der Waals surface area contributed by atoms with Crippen molar-refractivity contribution in [1.29, 1.82) is 0 Å². The minimum Gasteiger partial charge on any atom is -0.394 e. The van der Waals surface area contributed by atoms with Crippen molar-refractivity contribution in [2.45, 2.75) is 153 Å². The highest BCUT2D eigenvalue weighted by Crippen LogP contribution is 2.22. The molecule has 0 aliphatic carbocycles. The van der Waals surface area contributed by atoms with Crippen molar-refractivity contribution in [3.8, 4) is 0 Å². The number of aliphatic hydroxyl groups is 4. The second-order valence-corrected chi connectivity index (χ2v) is 9.58. The summed E-state index contributed by atoms with van der Waals surface area (Å²) in [4.78, 5) is 0. The smallest absolute Gasteiger partial charge is 0.186 e. The summed E-state index contributed by atoms with van der Waals surface area (Å²) in [6.45, 7) is 2.28. The highest BCUT2D eigenvalue weighted by Gasteiger charge is 2.43. The van der Waals surface area contributed by atoms with E-state index in [0.29, 0.717) is 6.61 Å². The van der Waals surface area contributed by atoms with Gasteiger partial charge in [-0.15, -0.1) is 0 Å². The average molecular weight is 461 g/mol. The normalized spacial score (nSPS) is 26.0. The lowest BCUT2D eigenvalue weighted by Crippen LogP contribution is -2.59. The third-order valence-electron chi connectivity index (χ3n) is 6.63. The van der Waals surface area contributed by atoms with Gasteiger partial charge in [-0.05, 0) is 6.42 Å². The molecule has 1 aliphatic heterocycles. The number of hydrogen-bond acceptors (Lipinski definition) is 6. The summed E-state index contributed by atoms with van der Waals surface area (Å²) in [5.41, 5.74) is 0. The quantitative estimate of drug-likeness (QED) is 0.183. The molecule has 1 heterocycles. The lowest BCUT2D eigenvalue weighted by molar-refractivity contribution is -0.301. The molecule has 0 saturated carbocycles. The Morgan fingerprint density at radius 1 is 0.562 bits per heavy atom. The van der Waals surface area contributed by atoms with Gasteiger partial charge in [-0.2, -0.15) is 0 Å². The lowest BCUT2D eigenvalue weighted by atomic mass is 9.99. The Bertz CT molecular complexity index is 406. The highest BCUT2D eigenvalue weighted by atomic mass is 16.7. The van der Waals surface area contributed by atoms with E-state index in [-0.39, 0.29) is 0 Å². The molecule has 1 fully saturated rings. The average Bonchev–Trinajstić information content (AvgIpc) is 2.80. The second-order valence-electron chi connectivity index (χ2n) is 9.58. The van der Waals surface area contributed by atoms with Gasteiger partial charge in [-0.25, -0.2) is 0 Å². The first-order valence-corrected chi connectivity index (χ1v) is 13.5. The van der Waals surface area contributed by atoms with Crippen LogP contribution in [-0.4, -0.2) is 64.3 Å². The van der Waals surface area contributed by atoms with Crippen molar-refractivity contribution in [2.75, 3.05) is 13.2 Å². The van der Waals surface area contributed by atoms with E-state index < -0.39 is 37.3 Å². The SMILES string of the molecule is CCCCCCCCCCCCCCCCCCCCO[C@@H]1O[C@H](CO)[C@H](O)[C@H](O)[C@H]1O. The van der Waals surface area contributed by atoms with Gasteiger partial charge in [0.05, 0.1) is 6.61 Å². The molecule has 192 valence electrons. The van der Waals surface area contributed by atoms with Crippen LogP contribution in [0.15, 0.2) is 0 Å². The third kappa shape index (κ3) is 13.5. The maximum Gasteiger partial charge on any atom is 0.186 e. The van der Waals surface area contributed by atoms with Crippen LogP contribution >= 0.6 is 0 Å². The maximum absolute atomic E-state index is 9.93. The number of unbranched alkanes of at least 4 members (excludes halogenated alkanes) is 17. The van der Waals surface area contributed by atoms with Crippen molar-refractivity contribution >= 4 is 0 Å². The van der Waals surface area contributed by atoms with Gasteiger partial charge in [-0.3, -0.25) is 0 Å². The fourth-order valence-electron chi connectivity index (χ4n) is 4.41. The first-order chi connectivity index (χ1) is 15.6. The summed E-state index contributed by atoms with van der Waals surface area (Å²) in [6.07, 6.45) is 17.9. The minimum atomic E-state index is -1.37. The molecule has 1 rings (SSSR count). The van der Waals surface area contributed by atoms with Gasteiger partial charge in [0, 0.05) is 6.61 Å². The van der Waals surface area contributed by atoms with Crippen molar-refractivity contribution < 1.29 is 29.9 Å². The van der Waals surface area contributed by atoms with E-state index in [4.69, 9.17) is 9.47 Å². The summed E-state index contributed by atoms with van der Waals surface area (Å²) in [5, 5.41) is 38.6. The fourth-order valence-corrected chi connectivity index (χ4v) is 4.41. The number of rotatable bonds is 21. The van der Waals surface area contributed by atoms with E-state index in [2.05, 4.69) is 6.92 Å². The zero-order valence-electron chi connectivity index (χ0n) is 20.6. The Labute approximate surface area is 196 Å². The first kappa shape index (κ1) is 29.8. The van der Waals surface area contributed by atoms with Crippen LogP contribution in [0.2, 0.25) is 0 Å². The largest absolute Gasteiger partial charge is 0.394 e. The third-order valence-corrected chi connectivity index (χ3v) is 6.63. The molecule has 0 bridgehead atoms. The van der Waals surface area contributed by atoms with Crippen LogP contribution in [0.4, 0.5) is 0 Å². The van der Waals surface area contributed by atoms with Gasteiger partial charge in [0.15, 0.2) is 6.29 Å². The van der Waals surface area contributed by atoms with Crippen LogP contribution in [0.25, 0.3) is 0 Å². The summed E-state index contributed by atoms with van der Waals surface area (Å²) >= 11 is 0. The van der Waals surface area contributed by atoms with Gasteiger partial charge in [0.25, 0.3) is 0 Å². The maximum atomic E-state index is 9.93. The van der Waals surface area contributed by atoms with Crippen LogP contribution < -0.4 is 0 Å².